The summed E-state index contributed by atoms with van der Waals surface area (Å²) in [7, 11) is 2.20. The van der Waals surface area contributed by atoms with E-state index >= 15 is 0 Å². The average molecular weight is 206 g/mol. The first kappa shape index (κ1) is 15.0. The summed E-state index contributed by atoms with van der Waals surface area (Å²) in [5.74, 6) is 0.167. The van der Waals surface area contributed by atoms with E-state index in [-0.39, 0.29) is 5.78 Å². The fourth-order valence-corrected chi connectivity index (χ4v) is 1.50. The van der Waals surface area contributed by atoms with Crippen LogP contribution in [0.5, 0.6) is 0 Å². The first-order valence-corrected chi connectivity index (χ1v) is 5.54. The van der Waals surface area contributed by atoms with Crippen LogP contribution in [0.25, 0.3) is 0 Å². The molecule has 0 aromatic carbocycles. The van der Waals surface area contributed by atoms with Gasteiger partial charge in [-0.1, -0.05) is 6.58 Å². The Balaban J connectivity index is 0. The minimum absolute atomic E-state index is 0.167. The highest BCUT2D eigenvalue weighted by Crippen LogP contribution is 2.04. The Kier molecular flexibility index (Phi) is 9.37. The van der Waals surface area contributed by atoms with Crippen LogP contribution < -0.4 is 0 Å². The second-order valence-electron chi connectivity index (χ2n) is 2.33. The maximum atomic E-state index is 9.44. The Morgan fingerprint density at radius 2 is 1.38 bits per heavy atom. The zero-order chi connectivity index (χ0) is 10.9. The summed E-state index contributed by atoms with van der Waals surface area (Å²) in [5, 5.41) is 0. The van der Waals surface area contributed by atoms with Crippen molar-refractivity contribution in [3.8, 4) is 0 Å². The molecule has 0 saturated heterocycles. The molecular formula is C8H18O4Si. The Hall–Kier alpha value is -0.493. The number of ketones is 1. The Bertz CT molecular complexity index is 142. The van der Waals surface area contributed by atoms with Crippen LogP contribution in [0.4, 0.5) is 0 Å². The summed E-state index contributed by atoms with van der Waals surface area (Å²) in [4.78, 5) is 9.44. The molecule has 0 saturated carbocycles. The standard InChI is InChI=1S/C5H12O3Si.C3H6O/c1-5-9(6-2,7-3)8-4;1-3(2)4/h5H,1H2,2-4H3;1-2H3. The van der Waals surface area contributed by atoms with Crippen molar-refractivity contribution < 1.29 is 18.1 Å². The van der Waals surface area contributed by atoms with E-state index in [0.717, 1.165) is 0 Å². The molecule has 0 aliphatic heterocycles. The first-order valence-electron chi connectivity index (χ1n) is 3.74. The highest BCUT2D eigenvalue weighted by Gasteiger charge is 2.33. The minimum Gasteiger partial charge on any atom is -0.374 e. The Labute approximate surface area is 80.9 Å². The number of Topliss-reactive ketones (excluding diaryl/α,β-unsaturated/α-hetero) is 1. The van der Waals surface area contributed by atoms with E-state index in [2.05, 4.69) is 6.58 Å². The zero-order valence-electron chi connectivity index (χ0n) is 8.92. The molecule has 5 heteroatoms. The second kappa shape index (κ2) is 8.12. The molecule has 0 aliphatic rings. The fourth-order valence-electron chi connectivity index (χ4n) is 0.500. The van der Waals surface area contributed by atoms with Crippen LogP contribution in [0.15, 0.2) is 12.3 Å². The average Bonchev–Trinajstić information content (AvgIpc) is 2.09. The van der Waals surface area contributed by atoms with Crippen LogP contribution in [0.3, 0.4) is 0 Å². The summed E-state index contributed by atoms with van der Waals surface area (Å²) in [6.45, 7) is 6.59. The molecule has 0 aromatic heterocycles. The van der Waals surface area contributed by atoms with E-state index in [4.69, 9.17) is 13.3 Å². The van der Waals surface area contributed by atoms with Gasteiger partial charge in [0.15, 0.2) is 0 Å². The molecule has 78 valence electrons. The van der Waals surface area contributed by atoms with Gasteiger partial charge in [0, 0.05) is 21.3 Å². The Morgan fingerprint density at radius 1 is 1.15 bits per heavy atom. The second-order valence-corrected chi connectivity index (χ2v) is 5.17. The van der Waals surface area contributed by atoms with Crippen molar-refractivity contribution in [3.63, 3.8) is 0 Å². The molecule has 0 heterocycles. The van der Waals surface area contributed by atoms with Crippen LogP contribution >= 0.6 is 0 Å². The molecule has 0 aromatic rings. The molecular weight excluding hydrogens is 188 g/mol. The molecule has 0 fully saturated rings. The predicted molar refractivity (Wildman–Crippen MR) is 53.3 cm³/mol. The minimum atomic E-state index is -2.43. The Morgan fingerprint density at radius 3 is 1.38 bits per heavy atom. The van der Waals surface area contributed by atoms with Gasteiger partial charge in [0.25, 0.3) is 0 Å². The molecule has 13 heavy (non-hydrogen) atoms. The van der Waals surface area contributed by atoms with Crippen molar-refractivity contribution in [2.75, 3.05) is 21.3 Å². The van der Waals surface area contributed by atoms with E-state index in [9.17, 15) is 4.79 Å². The van der Waals surface area contributed by atoms with Crippen LogP contribution in [-0.4, -0.2) is 35.9 Å². The summed E-state index contributed by atoms with van der Waals surface area (Å²) >= 11 is 0. The molecule has 0 radical (unpaired) electrons. The van der Waals surface area contributed by atoms with Gasteiger partial charge in [-0.15, -0.1) is 0 Å². The van der Waals surface area contributed by atoms with E-state index in [1.165, 1.54) is 13.8 Å². The highest BCUT2D eigenvalue weighted by molar-refractivity contribution is 6.66. The quantitative estimate of drug-likeness (QED) is 0.648. The monoisotopic (exact) mass is 206 g/mol. The molecule has 0 aliphatic carbocycles. The molecule has 0 rings (SSSR count). The molecule has 4 nitrogen and oxygen atoms in total. The van der Waals surface area contributed by atoms with Gasteiger partial charge < -0.3 is 18.1 Å². The fraction of sp³-hybridized carbons (Fsp3) is 0.625. The van der Waals surface area contributed by atoms with Gasteiger partial charge in [0.1, 0.15) is 5.78 Å². The van der Waals surface area contributed by atoms with E-state index in [1.807, 2.05) is 0 Å². The van der Waals surface area contributed by atoms with E-state index in [1.54, 1.807) is 27.0 Å². The van der Waals surface area contributed by atoms with Crippen molar-refractivity contribution in [1.29, 1.82) is 0 Å². The lowest BCUT2D eigenvalue weighted by Gasteiger charge is -2.19. The molecule has 0 atom stereocenters. The van der Waals surface area contributed by atoms with Crippen molar-refractivity contribution >= 4 is 14.6 Å². The van der Waals surface area contributed by atoms with Gasteiger partial charge >= 0.3 is 8.80 Å². The number of rotatable bonds is 4. The lowest BCUT2D eigenvalue weighted by molar-refractivity contribution is -0.114. The van der Waals surface area contributed by atoms with Crippen molar-refractivity contribution in [2.45, 2.75) is 13.8 Å². The lowest BCUT2D eigenvalue weighted by Crippen LogP contribution is -2.40. The SMILES string of the molecule is C=C[Si](OC)(OC)OC.CC(C)=O. The molecule has 0 amide bonds. The third-order valence-corrected chi connectivity index (χ3v) is 3.31. The molecule has 0 spiro atoms. The molecule has 0 unspecified atom stereocenters. The van der Waals surface area contributed by atoms with Crippen LogP contribution in [0.2, 0.25) is 0 Å². The van der Waals surface area contributed by atoms with Crippen molar-refractivity contribution in [1.82, 2.24) is 0 Å². The first-order chi connectivity index (χ1) is 5.97. The number of carbonyl (C=O) groups excluding carboxylic acids is 1. The summed E-state index contributed by atoms with van der Waals surface area (Å²) < 4.78 is 14.9. The van der Waals surface area contributed by atoms with Gasteiger partial charge in [0.05, 0.1) is 0 Å². The van der Waals surface area contributed by atoms with Crippen LogP contribution in [-0.2, 0) is 18.1 Å². The van der Waals surface area contributed by atoms with Gasteiger partial charge in [-0.3, -0.25) is 0 Å². The zero-order valence-corrected chi connectivity index (χ0v) is 9.92. The number of hydrogen-bond acceptors (Lipinski definition) is 4. The predicted octanol–water partition coefficient (Wildman–Crippen LogP) is 1.18. The topological polar surface area (TPSA) is 44.8 Å². The van der Waals surface area contributed by atoms with Crippen LogP contribution in [0.1, 0.15) is 13.8 Å². The summed E-state index contributed by atoms with van der Waals surface area (Å²) in [6.07, 6.45) is 0. The van der Waals surface area contributed by atoms with Crippen LogP contribution in [0, 0.1) is 0 Å². The summed E-state index contributed by atoms with van der Waals surface area (Å²) in [5.41, 5.74) is 1.58. The highest BCUT2D eigenvalue weighted by atomic mass is 28.4. The smallest absolute Gasteiger partial charge is 0.374 e. The summed E-state index contributed by atoms with van der Waals surface area (Å²) in [6, 6.07) is 0. The number of carbonyl (C=O) groups is 1. The molecule has 0 N–H and O–H groups in total. The maximum Gasteiger partial charge on any atom is 0.528 e. The van der Waals surface area contributed by atoms with Gasteiger partial charge in [0.2, 0.25) is 0 Å². The van der Waals surface area contributed by atoms with Gasteiger partial charge in [-0.25, -0.2) is 0 Å². The van der Waals surface area contributed by atoms with Crippen molar-refractivity contribution in [3.05, 3.63) is 12.3 Å². The van der Waals surface area contributed by atoms with Gasteiger partial charge in [-0.05, 0) is 19.5 Å². The maximum absolute atomic E-state index is 9.44. The number of hydrogen-bond donors (Lipinski definition) is 0. The largest absolute Gasteiger partial charge is 0.528 e. The third-order valence-electron chi connectivity index (χ3n) is 1.10. The molecule has 0 bridgehead atoms. The third kappa shape index (κ3) is 7.85. The van der Waals surface area contributed by atoms with Gasteiger partial charge in [-0.2, -0.15) is 0 Å². The van der Waals surface area contributed by atoms with Crippen molar-refractivity contribution in [2.24, 2.45) is 0 Å². The lowest BCUT2D eigenvalue weighted by atomic mass is 10.6. The van der Waals surface area contributed by atoms with E-state index in [0.29, 0.717) is 0 Å². The van der Waals surface area contributed by atoms with E-state index < -0.39 is 8.80 Å². The normalized spacial score (nSPS) is 9.92.